The molecule has 1 heterocycles. The second-order valence-corrected chi connectivity index (χ2v) is 16.2. The highest BCUT2D eigenvalue weighted by Crippen LogP contribution is 2.37. The summed E-state index contributed by atoms with van der Waals surface area (Å²) in [5, 5.41) is 27.5. The highest BCUT2D eigenvalue weighted by molar-refractivity contribution is 5.73. The second kappa shape index (κ2) is 23.5. The molecule has 0 bridgehead atoms. The molecule has 1 fully saturated rings. The third-order valence-electron chi connectivity index (χ3n) is 10.4. The van der Waals surface area contributed by atoms with Crippen molar-refractivity contribution in [2.75, 3.05) is 34.9 Å². The van der Waals surface area contributed by atoms with E-state index >= 15 is 0 Å². The molecule has 0 aromatic rings. The summed E-state index contributed by atoms with van der Waals surface area (Å²) in [5.74, 6) is -2.11. The molecule has 0 radical (unpaired) electrons. The monoisotopic (exact) mass is 748 g/mol. The minimum absolute atomic E-state index is 0.110. The number of methoxy groups -OCH3 is 1. The van der Waals surface area contributed by atoms with E-state index in [-0.39, 0.29) is 42.0 Å². The van der Waals surface area contributed by atoms with Gasteiger partial charge in [0.05, 0.1) is 42.5 Å². The third kappa shape index (κ3) is 15.4. The lowest BCUT2D eigenvalue weighted by Gasteiger charge is -2.47. The lowest BCUT2D eigenvalue weighted by Crippen LogP contribution is -2.59. The number of carbonyl (C=O) groups excluding carboxylic acids is 1. The molecule has 8 unspecified atom stereocenters. The molecular weight excluding hydrogens is 670 g/mol. The van der Waals surface area contributed by atoms with E-state index in [1.54, 1.807) is 27.2 Å². The minimum atomic E-state index is -1.40. The van der Waals surface area contributed by atoms with Crippen molar-refractivity contribution in [1.29, 1.82) is 0 Å². The third-order valence-corrected chi connectivity index (χ3v) is 10.4. The smallest absolute Gasteiger partial charge is 0.311 e. The Morgan fingerprint density at radius 2 is 1.71 bits per heavy atom. The summed E-state index contributed by atoms with van der Waals surface area (Å²) in [6.07, 6.45) is -0.442. The van der Waals surface area contributed by atoms with Crippen molar-refractivity contribution in [2.45, 2.75) is 175 Å². The Bertz CT molecular complexity index is 1020. The molecule has 0 aromatic heterocycles. The number of rotatable bonds is 25. The van der Waals surface area contributed by atoms with Gasteiger partial charge in [-0.05, 0) is 80.3 Å². The van der Waals surface area contributed by atoms with Crippen molar-refractivity contribution in [3.05, 3.63) is 0 Å². The predicted molar refractivity (Wildman–Crippen MR) is 204 cm³/mol. The summed E-state index contributed by atoms with van der Waals surface area (Å²) in [6.45, 7) is 21.5. The van der Waals surface area contributed by atoms with Crippen molar-refractivity contribution < 1.29 is 48.3 Å². The molecule has 0 aromatic carbocycles. The Hall–Kier alpha value is -1.42. The van der Waals surface area contributed by atoms with Crippen LogP contribution in [0.5, 0.6) is 0 Å². The van der Waals surface area contributed by atoms with E-state index < -0.39 is 60.4 Å². The number of aliphatic hydroxyl groups excluding tert-OH is 1. The zero-order chi connectivity index (χ0) is 39.9. The second-order valence-electron chi connectivity index (χ2n) is 16.2. The Labute approximate surface area is 315 Å². The molecule has 1 rings (SSSR count). The number of oxime groups is 1. The molecule has 0 saturated carbocycles. The Balaban J connectivity index is 3.65. The standard InChI is InChI=1S/C39H77N3O10/c1-16-17-18-32(48-26(6)22-46-14)51-35(29(9)37(44)50-30(10)27(7)33(40)24(4)21-41-47-15)28(8)36(39(11,45)20-23(2)3)52-38-34(43)31(42(12)13)19-25(5)49-38/h21,23-36,38,43,45H,16-20,22,40H2,1-15H3/b41-21+/t24-,25?,26?,27-,28?,29?,30?,31?,32-,33+,34+,35?,36+,38?,39-/m0/s1. The van der Waals surface area contributed by atoms with Gasteiger partial charge in [0.1, 0.15) is 19.3 Å². The minimum Gasteiger partial charge on any atom is -0.462 e. The largest absolute Gasteiger partial charge is 0.462 e. The zero-order valence-electron chi connectivity index (χ0n) is 35.1. The van der Waals surface area contributed by atoms with Crippen LogP contribution in [0, 0.1) is 29.6 Å². The summed E-state index contributed by atoms with van der Waals surface area (Å²) in [5.41, 5.74) is 5.15. The van der Waals surface area contributed by atoms with Gasteiger partial charge in [-0.2, -0.15) is 0 Å². The number of hydrogen-bond acceptors (Lipinski definition) is 13. The van der Waals surface area contributed by atoms with Gasteiger partial charge in [-0.25, -0.2) is 0 Å². The van der Waals surface area contributed by atoms with Gasteiger partial charge in [-0.3, -0.25) is 4.79 Å². The number of hydrogen-bond donors (Lipinski definition) is 3. The maximum atomic E-state index is 14.1. The van der Waals surface area contributed by atoms with Crippen LogP contribution in [0.15, 0.2) is 5.16 Å². The highest BCUT2D eigenvalue weighted by Gasteiger charge is 2.49. The molecule has 1 aliphatic heterocycles. The number of unbranched alkanes of at least 4 members (excludes halogenated alkanes) is 1. The van der Waals surface area contributed by atoms with Crippen LogP contribution in [0.4, 0.5) is 0 Å². The maximum Gasteiger partial charge on any atom is 0.311 e. The van der Waals surface area contributed by atoms with Gasteiger partial charge in [0, 0.05) is 43.2 Å². The number of nitrogens with zero attached hydrogens (tertiary/aromatic N) is 2. The van der Waals surface area contributed by atoms with Crippen molar-refractivity contribution in [1.82, 2.24) is 4.90 Å². The first-order valence-electron chi connectivity index (χ1n) is 19.4. The van der Waals surface area contributed by atoms with E-state index in [0.717, 1.165) is 12.8 Å². The summed E-state index contributed by atoms with van der Waals surface area (Å²) in [4.78, 5) is 20.9. The number of nitrogens with two attached hydrogens (primary N) is 1. The molecule has 1 saturated heterocycles. The Morgan fingerprint density at radius 1 is 1.08 bits per heavy atom. The SMILES string of the molecule is CCCC[C@@H](OC(C)COC)OC(C(C)C(=O)OC(C)[C@H](C)[C@H](N)[C@@H](C)/C=N/OC)C(C)[C@@H](OC1OC(C)CC(N(C)C)[C@H]1O)[C@@](C)(O)CC(C)C. The van der Waals surface area contributed by atoms with Crippen molar-refractivity contribution in [2.24, 2.45) is 40.5 Å². The molecule has 15 atom stereocenters. The zero-order valence-corrected chi connectivity index (χ0v) is 35.1. The fourth-order valence-electron chi connectivity index (χ4n) is 7.28. The lowest BCUT2D eigenvalue weighted by atomic mass is 9.78. The molecular formula is C39H77N3O10. The molecule has 0 amide bonds. The summed E-state index contributed by atoms with van der Waals surface area (Å²) in [6, 6.07) is -0.565. The summed E-state index contributed by atoms with van der Waals surface area (Å²) < 4.78 is 37.5. The van der Waals surface area contributed by atoms with Crippen LogP contribution < -0.4 is 5.73 Å². The molecule has 0 aliphatic carbocycles. The van der Waals surface area contributed by atoms with Crippen molar-refractivity contribution >= 4 is 12.2 Å². The van der Waals surface area contributed by atoms with E-state index in [4.69, 9.17) is 39.0 Å². The van der Waals surface area contributed by atoms with Crippen LogP contribution in [0.3, 0.4) is 0 Å². The van der Waals surface area contributed by atoms with Crippen LogP contribution in [0.1, 0.15) is 108 Å². The quantitative estimate of drug-likeness (QED) is 0.0498. The topological polar surface area (TPSA) is 164 Å². The number of esters is 1. The summed E-state index contributed by atoms with van der Waals surface area (Å²) in [7, 11) is 6.92. The van der Waals surface area contributed by atoms with Gasteiger partial charge in [-0.1, -0.05) is 53.1 Å². The van der Waals surface area contributed by atoms with Gasteiger partial charge in [-0.15, -0.1) is 0 Å². The first-order chi connectivity index (χ1) is 24.2. The Kier molecular flexibility index (Phi) is 22.0. The number of likely N-dealkylation sites (N-methyl/N-ethyl adjacent to an activating group) is 1. The molecule has 4 N–H and O–H groups in total. The highest BCUT2D eigenvalue weighted by atomic mass is 16.7. The lowest BCUT2D eigenvalue weighted by molar-refractivity contribution is -0.305. The van der Waals surface area contributed by atoms with E-state index in [1.807, 2.05) is 74.4 Å². The van der Waals surface area contributed by atoms with Gasteiger partial charge in [0.15, 0.2) is 12.6 Å². The van der Waals surface area contributed by atoms with Crippen molar-refractivity contribution in [3.8, 4) is 0 Å². The van der Waals surface area contributed by atoms with Gasteiger partial charge in [0.25, 0.3) is 0 Å². The van der Waals surface area contributed by atoms with Crippen LogP contribution in [-0.2, 0) is 38.1 Å². The van der Waals surface area contributed by atoms with E-state index in [9.17, 15) is 15.0 Å². The molecule has 0 spiro atoms. The van der Waals surface area contributed by atoms with Gasteiger partial charge < -0.3 is 54.1 Å². The van der Waals surface area contributed by atoms with Crippen LogP contribution >= 0.6 is 0 Å². The molecule has 13 heteroatoms. The molecule has 308 valence electrons. The first-order valence-corrected chi connectivity index (χ1v) is 19.4. The normalized spacial score (nSPS) is 26.9. The maximum absolute atomic E-state index is 14.1. The van der Waals surface area contributed by atoms with Crippen LogP contribution in [0.25, 0.3) is 0 Å². The fourth-order valence-corrected chi connectivity index (χ4v) is 7.28. The average molecular weight is 748 g/mol. The van der Waals surface area contributed by atoms with Gasteiger partial charge in [0.2, 0.25) is 0 Å². The van der Waals surface area contributed by atoms with E-state index in [1.165, 1.54) is 7.11 Å². The van der Waals surface area contributed by atoms with Gasteiger partial charge >= 0.3 is 5.97 Å². The number of ether oxygens (including phenoxy) is 6. The molecule has 52 heavy (non-hydrogen) atoms. The molecule has 13 nitrogen and oxygen atoms in total. The first kappa shape index (κ1) is 48.6. The van der Waals surface area contributed by atoms with Crippen LogP contribution in [0.2, 0.25) is 0 Å². The Morgan fingerprint density at radius 3 is 2.25 bits per heavy atom. The number of aliphatic hydroxyl groups is 2. The van der Waals surface area contributed by atoms with E-state index in [0.29, 0.717) is 25.9 Å². The van der Waals surface area contributed by atoms with Crippen molar-refractivity contribution in [3.63, 3.8) is 0 Å². The average Bonchev–Trinajstić information content (AvgIpc) is 3.06. The summed E-state index contributed by atoms with van der Waals surface area (Å²) >= 11 is 0. The fraction of sp³-hybridized carbons (Fsp3) is 0.949. The molecule has 1 aliphatic rings. The number of carbonyl (C=O) groups is 1. The van der Waals surface area contributed by atoms with Crippen LogP contribution in [-0.4, -0.2) is 129 Å². The predicted octanol–water partition coefficient (Wildman–Crippen LogP) is 4.98. The van der Waals surface area contributed by atoms with E-state index in [2.05, 4.69) is 12.1 Å².